The molecule has 2 fully saturated rings. The Morgan fingerprint density at radius 2 is 2.06 bits per heavy atom. The fourth-order valence-electron chi connectivity index (χ4n) is 2.77. The van der Waals surface area contributed by atoms with Crippen LogP contribution in [0.4, 0.5) is 0 Å². The molecule has 2 heterocycles. The van der Waals surface area contributed by atoms with Crippen LogP contribution in [0, 0.1) is 5.41 Å². The van der Waals surface area contributed by atoms with Gasteiger partial charge in [0.25, 0.3) is 0 Å². The van der Waals surface area contributed by atoms with Crippen LogP contribution in [0.15, 0.2) is 0 Å². The van der Waals surface area contributed by atoms with Gasteiger partial charge in [0.05, 0.1) is 17.6 Å². The first kappa shape index (κ1) is 13.0. The van der Waals surface area contributed by atoms with E-state index < -0.39 is 5.60 Å². The van der Waals surface area contributed by atoms with Gasteiger partial charge in [0.1, 0.15) is 6.29 Å². The smallest absolute Gasteiger partial charge is 0.129 e. The number of carbonyl (C=O) groups excluding carboxylic acids is 1. The third kappa shape index (κ3) is 3.27. The van der Waals surface area contributed by atoms with Gasteiger partial charge in [0, 0.05) is 26.2 Å². The molecule has 0 radical (unpaired) electrons. The summed E-state index contributed by atoms with van der Waals surface area (Å²) >= 11 is 0. The Hall–Kier alpha value is -0.450. The lowest BCUT2D eigenvalue weighted by molar-refractivity contribution is -0.126. The summed E-state index contributed by atoms with van der Waals surface area (Å²) in [6.07, 6.45) is 4.58. The summed E-state index contributed by atoms with van der Waals surface area (Å²) in [6.45, 7) is 5.77. The summed E-state index contributed by atoms with van der Waals surface area (Å²) in [5, 5.41) is 9.90. The zero-order valence-corrected chi connectivity index (χ0v) is 10.7. The minimum atomic E-state index is -0.520. The average molecular weight is 241 g/mol. The van der Waals surface area contributed by atoms with E-state index >= 15 is 0 Å². The van der Waals surface area contributed by atoms with Crippen LogP contribution >= 0.6 is 0 Å². The van der Waals surface area contributed by atoms with Gasteiger partial charge >= 0.3 is 0 Å². The van der Waals surface area contributed by atoms with Crippen molar-refractivity contribution in [3.8, 4) is 0 Å². The van der Waals surface area contributed by atoms with Gasteiger partial charge in [-0.05, 0) is 32.6 Å². The molecule has 0 aromatic rings. The molecule has 2 aliphatic heterocycles. The summed E-state index contributed by atoms with van der Waals surface area (Å²) in [5.41, 5.74) is -0.824. The zero-order valence-electron chi connectivity index (χ0n) is 10.7. The van der Waals surface area contributed by atoms with Crippen molar-refractivity contribution in [1.82, 2.24) is 4.90 Å². The molecule has 98 valence electrons. The lowest BCUT2D eigenvalue weighted by Crippen LogP contribution is -2.49. The fourth-order valence-corrected chi connectivity index (χ4v) is 2.77. The monoisotopic (exact) mass is 241 g/mol. The predicted molar refractivity (Wildman–Crippen MR) is 64.8 cm³/mol. The van der Waals surface area contributed by atoms with Crippen molar-refractivity contribution in [3.63, 3.8) is 0 Å². The molecule has 2 aliphatic rings. The topological polar surface area (TPSA) is 49.8 Å². The minimum absolute atomic E-state index is 0.304. The van der Waals surface area contributed by atoms with Gasteiger partial charge in [-0.3, -0.25) is 0 Å². The van der Waals surface area contributed by atoms with Crippen LogP contribution in [0.1, 0.15) is 32.6 Å². The van der Waals surface area contributed by atoms with E-state index in [0.717, 1.165) is 58.2 Å². The number of hydrogen-bond acceptors (Lipinski definition) is 4. The zero-order chi connectivity index (χ0) is 12.4. The Kier molecular flexibility index (Phi) is 3.85. The molecule has 4 nitrogen and oxygen atoms in total. The van der Waals surface area contributed by atoms with E-state index in [9.17, 15) is 9.90 Å². The molecule has 4 heteroatoms. The third-order valence-corrected chi connectivity index (χ3v) is 4.07. The predicted octanol–water partition coefficient (Wildman–Crippen LogP) is 0.829. The number of rotatable bonds is 3. The van der Waals surface area contributed by atoms with Crippen LogP contribution in [0.3, 0.4) is 0 Å². The second kappa shape index (κ2) is 5.04. The van der Waals surface area contributed by atoms with E-state index in [1.807, 2.05) is 6.92 Å². The van der Waals surface area contributed by atoms with Gasteiger partial charge in [-0.25, -0.2) is 0 Å². The van der Waals surface area contributed by atoms with Gasteiger partial charge < -0.3 is 19.5 Å². The van der Waals surface area contributed by atoms with E-state index in [-0.39, 0.29) is 5.41 Å². The van der Waals surface area contributed by atoms with Crippen molar-refractivity contribution < 1.29 is 14.6 Å². The molecule has 2 rings (SSSR count). The van der Waals surface area contributed by atoms with Crippen LogP contribution in [0.5, 0.6) is 0 Å². The number of hydrogen-bond donors (Lipinski definition) is 1. The van der Waals surface area contributed by atoms with Crippen LogP contribution in [-0.2, 0) is 9.53 Å². The molecule has 0 aromatic heterocycles. The summed E-state index contributed by atoms with van der Waals surface area (Å²) in [4.78, 5) is 13.6. The van der Waals surface area contributed by atoms with Crippen molar-refractivity contribution in [2.75, 3.05) is 32.8 Å². The molecule has 1 atom stereocenters. The highest BCUT2D eigenvalue weighted by molar-refractivity contribution is 5.60. The molecule has 0 saturated carbocycles. The Bertz CT molecular complexity index is 262. The van der Waals surface area contributed by atoms with Crippen LogP contribution in [0.2, 0.25) is 0 Å². The highest BCUT2D eigenvalue weighted by Crippen LogP contribution is 2.30. The first-order chi connectivity index (χ1) is 8.05. The highest BCUT2D eigenvalue weighted by atomic mass is 16.5. The lowest BCUT2D eigenvalue weighted by atomic mass is 9.82. The number of aldehydes is 1. The summed E-state index contributed by atoms with van der Waals surface area (Å²) in [5.74, 6) is 0. The quantitative estimate of drug-likeness (QED) is 0.744. The maximum Gasteiger partial charge on any atom is 0.129 e. The molecule has 0 aliphatic carbocycles. The molecule has 0 bridgehead atoms. The van der Waals surface area contributed by atoms with E-state index in [0.29, 0.717) is 6.61 Å². The van der Waals surface area contributed by atoms with Crippen LogP contribution in [-0.4, -0.2) is 54.7 Å². The first-order valence-corrected chi connectivity index (χ1v) is 6.54. The Balaban J connectivity index is 1.89. The fraction of sp³-hybridized carbons (Fsp3) is 0.923. The molecular weight excluding hydrogens is 218 g/mol. The van der Waals surface area contributed by atoms with Gasteiger partial charge in [-0.2, -0.15) is 0 Å². The maximum absolute atomic E-state index is 11.3. The molecule has 0 amide bonds. The van der Waals surface area contributed by atoms with Gasteiger partial charge in [-0.1, -0.05) is 0 Å². The van der Waals surface area contributed by atoms with E-state index in [4.69, 9.17) is 4.74 Å². The van der Waals surface area contributed by atoms with Gasteiger partial charge in [-0.15, -0.1) is 0 Å². The van der Waals surface area contributed by atoms with Crippen molar-refractivity contribution in [1.29, 1.82) is 0 Å². The highest BCUT2D eigenvalue weighted by Gasteiger charge is 2.37. The standard InChI is InChI=1S/C13H23NO3/c1-12(16)4-6-14(7-5-12)9-13(10-15)3-2-8-17-11-13/h10,16H,2-9,11H2,1H3. The SMILES string of the molecule is CC1(O)CCN(CC2(C=O)CCCOC2)CC1. The van der Waals surface area contributed by atoms with E-state index in [2.05, 4.69) is 4.90 Å². The van der Waals surface area contributed by atoms with Crippen molar-refractivity contribution in [2.45, 2.75) is 38.2 Å². The number of aliphatic hydroxyl groups is 1. The molecule has 0 aromatic carbocycles. The Morgan fingerprint density at radius 1 is 1.35 bits per heavy atom. The van der Waals surface area contributed by atoms with Crippen molar-refractivity contribution in [3.05, 3.63) is 0 Å². The molecular formula is C13H23NO3. The number of ether oxygens (including phenoxy) is 1. The lowest BCUT2D eigenvalue weighted by Gasteiger charge is -2.41. The maximum atomic E-state index is 11.3. The minimum Gasteiger partial charge on any atom is -0.390 e. The summed E-state index contributed by atoms with van der Waals surface area (Å²) < 4.78 is 5.45. The summed E-state index contributed by atoms with van der Waals surface area (Å²) in [7, 11) is 0. The number of likely N-dealkylation sites (tertiary alicyclic amines) is 1. The summed E-state index contributed by atoms with van der Waals surface area (Å²) in [6, 6.07) is 0. The number of piperidine rings is 1. The largest absolute Gasteiger partial charge is 0.390 e. The van der Waals surface area contributed by atoms with Gasteiger partial charge in [0.15, 0.2) is 0 Å². The third-order valence-electron chi connectivity index (χ3n) is 4.07. The van der Waals surface area contributed by atoms with Crippen LogP contribution < -0.4 is 0 Å². The normalized spacial score (nSPS) is 34.5. The van der Waals surface area contributed by atoms with Gasteiger partial charge in [0.2, 0.25) is 0 Å². The second-order valence-electron chi connectivity index (χ2n) is 5.91. The molecule has 1 unspecified atom stereocenters. The molecule has 0 spiro atoms. The molecule has 1 N–H and O–H groups in total. The van der Waals surface area contributed by atoms with Crippen molar-refractivity contribution >= 4 is 6.29 Å². The molecule has 2 saturated heterocycles. The average Bonchev–Trinajstić information content (AvgIpc) is 2.33. The van der Waals surface area contributed by atoms with E-state index in [1.54, 1.807) is 0 Å². The Morgan fingerprint density at radius 3 is 2.59 bits per heavy atom. The van der Waals surface area contributed by atoms with E-state index in [1.165, 1.54) is 0 Å². The first-order valence-electron chi connectivity index (χ1n) is 6.54. The number of nitrogens with zero attached hydrogens (tertiary/aromatic N) is 1. The second-order valence-corrected chi connectivity index (χ2v) is 5.91. The van der Waals surface area contributed by atoms with Crippen LogP contribution in [0.25, 0.3) is 0 Å². The Labute approximate surface area is 103 Å². The van der Waals surface area contributed by atoms with Crippen molar-refractivity contribution in [2.24, 2.45) is 5.41 Å². The number of carbonyl (C=O) groups is 1. The molecule has 17 heavy (non-hydrogen) atoms.